The first-order valence-electron chi connectivity index (χ1n) is 6.81. The number of aldehydes is 1. The molecule has 1 rings (SSSR count). The van der Waals surface area contributed by atoms with Gasteiger partial charge in [-0.05, 0) is 36.7 Å². The molecular formula is C16H29O3P. The molecule has 0 saturated heterocycles. The molecule has 0 aliphatic rings. The Hall–Kier alpha value is -1.08. The van der Waals surface area contributed by atoms with E-state index < -0.39 is 0 Å². The minimum absolute atomic E-state index is 0.750. The largest absolute Gasteiger partial charge is 0.493 e. The zero-order valence-electron chi connectivity index (χ0n) is 13.6. The zero-order valence-corrected chi connectivity index (χ0v) is 14.8. The number of hydrogen-bond acceptors (Lipinski definition) is 3. The predicted octanol–water partition coefficient (Wildman–Crippen LogP) is 4.34. The van der Waals surface area contributed by atoms with Crippen molar-refractivity contribution >= 4 is 15.5 Å². The van der Waals surface area contributed by atoms with Crippen molar-refractivity contribution in [2.75, 3.05) is 14.2 Å². The molecule has 0 radical (unpaired) electrons. The van der Waals surface area contributed by atoms with Crippen molar-refractivity contribution < 1.29 is 14.3 Å². The first-order chi connectivity index (χ1) is 9.50. The quantitative estimate of drug-likeness (QED) is 0.613. The molecule has 1 atom stereocenters. The Balaban J connectivity index is 0. The van der Waals surface area contributed by atoms with E-state index in [0.717, 1.165) is 29.9 Å². The van der Waals surface area contributed by atoms with Crippen LogP contribution in [-0.4, -0.2) is 20.5 Å². The van der Waals surface area contributed by atoms with Crippen LogP contribution in [0.25, 0.3) is 0 Å². The summed E-state index contributed by atoms with van der Waals surface area (Å²) < 4.78 is 10.2. The number of carbonyl (C=O) groups is 1. The monoisotopic (exact) mass is 300 g/mol. The van der Waals surface area contributed by atoms with Crippen LogP contribution in [0.1, 0.15) is 39.7 Å². The first kappa shape index (κ1) is 21.2. The first-order valence-corrected chi connectivity index (χ1v) is 7.62. The lowest BCUT2D eigenvalue weighted by Crippen LogP contribution is -1.91. The molecule has 0 aliphatic heterocycles. The fourth-order valence-electron chi connectivity index (χ4n) is 1.01. The Bertz CT molecular complexity index is 352. The number of hydrogen-bond donors (Lipinski definition) is 0. The van der Waals surface area contributed by atoms with Gasteiger partial charge in [-0.15, -0.1) is 9.24 Å². The lowest BCUT2D eigenvalue weighted by Gasteiger charge is -2.07. The molecule has 0 aromatic heterocycles. The van der Waals surface area contributed by atoms with E-state index in [0.29, 0.717) is 0 Å². The van der Waals surface area contributed by atoms with E-state index in [2.05, 4.69) is 30.0 Å². The van der Waals surface area contributed by atoms with Crippen LogP contribution in [0.3, 0.4) is 0 Å². The van der Waals surface area contributed by atoms with Gasteiger partial charge in [0, 0.05) is 0 Å². The van der Waals surface area contributed by atoms with E-state index in [1.807, 2.05) is 18.2 Å². The van der Waals surface area contributed by atoms with Crippen LogP contribution < -0.4 is 9.47 Å². The Morgan fingerprint density at radius 3 is 1.95 bits per heavy atom. The summed E-state index contributed by atoms with van der Waals surface area (Å²) >= 11 is 0. The molecule has 3 nitrogen and oxygen atoms in total. The summed E-state index contributed by atoms with van der Waals surface area (Å²) in [5, 5.41) is 0. The zero-order chi connectivity index (χ0) is 16.0. The molecule has 4 heteroatoms. The smallest absolute Gasteiger partial charge is 0.160 e. The second-order valence-corrected chi connectivity index (χ2v) is 4.84. The van der Waals surface area contributed by atoms with Crippen LogP contribution in [0.4, 0.5) is 0 Å². The Labute approximate surface area is 126 Å². The molecule has 1 aromatic rings. The van der Waals surface area contributed by atoms with Crippen LogP contribution in [-0.2, 0) is 11.0 Å². The second-order valence-electron chi connectivity index (χ2n) is 4.43. The Morgan fingerprint density at radius 2 is 1.65 bits per heavy atom. The number of methoxy groups -OCH3 is 2. The summed E-state index contributed by atoms with van der Waals surface area (Å²) in [5.74, 6) is 2.45. The van der Waals surface area contributed by atoms with Gasteiger partial charge in [0.1, 0.15) is 6.29 Å². The van der Waals surface area contributed by atoms with Crippen molar-refractivity contribution in [3.05, 3.63) is 23.8 Å². The maximum Gasteiger partial charge on any atom is 0.160 e. The molecule has 0 spiro atoms. The maximum atomic E-state index is 8.81. The molecule has 0 bridgehead atoms. The van der Waals surface area contributed by atoms with Gasteiger partial charge in [0.25, 0.3) is 0 Å². The molecule has 1 unspecified atom stereocenters. The standard InChI is InChI=1S/C9H13O2P.C5H12.C2H4O/c1-10-8-4-3-7(6-12)5-9(8)11-2;1-4-5(2)3;1-2-3/h3-5H,6,12H2,1-2H3;5H,4H2,1-3H3;2H,1H3. The lowest BCUT2D eigenvalue weighted by atomic mass is 10.2. The number of carbonyl (C=O) groups excluding carboxylic acids is 1. The predicted molar refractivity (Wildman–Crippen MR) is 89.8 cm³/mol. The van der Waals surface area contributed by atoms with Crippen molar-refractivity contribution in [1.29, 1.82) is 0 Å². The Kier molecular flexibility index (Phi) is 15.2. The van der Waals surface area contributed by atoms with E-state index >= 15 is 0 Å². The van der Waals surface area contributed by atoms with Crippen molar-refractivity contribution in [3.8, 4) is 11.5 Å². The molecule has 0 heterocycles. The number of rotatable bonds is 4. The fraction of sp³-hybridized carbons (Fsp3) is 0.562. The van der Waals surface area contributed by atoms with Crippen molar-refractivity contribution in [2.24, 2.45) is 5.92 Å². The van der Waals surface area contributed by atoms with E-state index in [1.54, 1.807) is 14.2 Å². The van der Waals surface area contributed by atoms with E-state index in [9.17, 15) is 0 Å². The van der Waals surface area contributed by atoms with Crippen molar-refractivity contribution in [2.45, 2.75) is 40.3 Å². The van der Waals surface area contributed by atoms with Crippen LogP contribution in [0.5, 0.6) is 11.5 Å². The minimum Gasteiger partial charge on any atom is -0.493 e. The van der Waals surface area contributed by atoms with Gasteiger partial charge in [-0.25, -0.2) is 0 Å². The lowest BCUT2D eigenvalue weighted by molar-refractivity contribution is -0.106. The summed E-state index contributed by atoms with van der Waals surface area (Å²) in [6.45, 7) is 8.09. The Morgan fingerprint density at radius 1 is 1.20 bits per heavy atom. The molecule has 0 N–H and O–H groups in total. The average molecular weight is 300 g/mol. The fourth-order valence-corrected chi connectivity index (χ4v) is 1.26. The molecule has 116 valence electrons. The average Bonchev–Trinajstić information content (AvgIpc) is 2.47. The normalized spacial score (nSPS) is 8.80. The maximum absolute atomic E-state index is 8.81. The molecule has 0 saturated carbocycles. The number of ether oxygens (including phenoxy) is 2. The van der Waals surface area contributed by atoms with E-state index in [-0.39, 0.29) is 0 Å². The molecule has 1 aromatic carbocycles. The summed E-state index contributed by atoms with van der Waals surface area (Å²) in [4.78, 5) is 8.81. The van der Waals surface area contributed by atoms with Gasteiger partial charge in [-0.2, -0.15) is 0 Å². The van der Waals surface area contributed by atoms with Crippen molar-refractivity contribution in [1.82, 2.24) is 0 Å². The minimum atomic E-state index is 0.750. The van der Waals surface area contributed by atoms with Gasteiger partial charge in [-0.1, -0.05) is 33.3 Å². The van der Waals surface area contributed by atoms with Crippen LogP contribution in [0, 0.1) is 5.92 Å². The third-order valence-electron chi connectivity index (χ3n) is 2.50. The SMILES string of the molecule is CC=O.CCC(C)C.COc1ccc(CP)cc1OC. The summed E-state index contributed by atoms with van der Waals surface area (Å²) in [7, 11) is 5.95. The van der Waals surface area contributed by atoms with Gasteiger partial charge in [-0.3, -0.25) is 0 Å². The molecular weight excluding hydrogens is 271 g/mol. The van der Waals surface area contributed by atoms with Crippen LogP contribution in [0.15, 0.2) is 18.2 Å². The molecule has 0 aliphatic carbocycles. The highest BCUT2D eigenvalue weighted by Gasteiger charge is 2.02. The van der Waals surface area contributed by atoms with Gasteiger partial charge in [0.2, 0.25) is 0 Å². The number of benzene rings is 1. The molecule has 0 fully saturated rings. The summed E-state index contributed by atoms with van der Waals surface area (Å²) in [6, 6.07) is 5.92. The van der Waals surface area contributed by atoms with E-state index in [1.165, 1.54) is 18.9 Å². The highest BCUT2D eigenvalue weighted by molar-refractivity contribution is 7.15. The molecule has 0 amide bonds. The van der Waals surface area contributed by atoms with Crippen LogP contribution in [0.2, 0.25) is 0 Å². The van der Waals surface area contributed by atoms with Crippen molar-refractivity contribution in [3.63, 3.8) is 0 Å². The van der Waals surface area contributed by atoms with E-state index in [4.69, 9.17) is 14.3 Å². The van der Waals surface area contributed by atoms with Gasteiger partial charge >= 0.3 is 0 Å². The highest BCUT2D eigenvalue weighted by Crippen LogP contribution is 2.28. The van der Waals surface area contributed by atoms with Gasteiger partial charge < -0.3 is 14.3 Å². The van der Waals surface area contributed by atoms with Crippen LogP contribution >= 0.6 is 9.24 Å². The molecule has 20 heavy (non-hydrogen) atoms. The third-order valence-corrected chi connectivity index (χ3v) is 2.97. The van der Waals surface area contributed by atoms with Gasteiger partial charge in [0.05, 0.1) is 14.2 Å². The highest BCUT2D eigenvalue weighted by atomic mass is 31.0. The summed E-state index contributed by atoms with van der Waals surface area (Å²) in [6.07, 6.45) is 2.99. The second kappa shape index (κ2) is 14.3. The summed E-state index contributed by atoms with van der Waals surface area (Å²) in [5.41, 5.74) is 1.22. The van der Waals surface area contributed by atoms with Gasteiger partial charge in [0.15, 0.2) is 11.5 Å². The topological polar surface area (TPSA) is 35.5 Å². The third kappa shape index (κ3) is 10.8.